The molecule has 110 valence electrons. The van der Waals surface area contributed by atoms with Gasteiger partial charge in [-0.05, 0) is 31.0 Å². The van der Waals surface area contributed by atoms with E-state index in [9.17, 15) is 9.90 Å². The highest BCUT2D eigenvalue weighted by atomic mass is 16.5. The maximum Gasteiger partial charge on any atom is 0.223 e. The van der Waals surface area contributed by atoms with E-state index in [1.54, 1.807) is 18.9 Å². The van der Waals surface area contributed by atoms with E-state index < -0.39 is 5.60 Å². The van der Waals surface area contributed by atoms with Gasteiger partial charge >= 0.3 is 0 Å². The second-order valence-corrected chi connectivity index (χ2v) is 5.88. The molecule has 0 spiro atoms. The molecule has 4 heteroatoms. The molecule has 0 aromatic heterocycles. The zero-order valence-corrected chi connectivity index (χ0v) is 12.4. The Balaban J connectivity index is 1.89. The number of aliphatic hydroxyl groups is 1. The van der Waals surface area contributed by atoms with Gasteiger partial charge in [0, 0.05) is 25.4 Å². The molecule has 2 rings (SSSR count). The summed E-state index contributed by atoms with van der Waals surface area (Å²) in [4.78, 5) is 14.0. The summed E-state index contributed by atoms with van der Waals surface area (Å²) in [7, 11) is 1.64. The van der Waals surface area contributed by atoms with Crippen molar-refractivity contribution in [1.82, 2.24) is 4.90 Å². The highest BCUT2D eigenvalue weighted by Gasteiger charge is 2.40. The summed E-state index contributed by atoms with van der Waals surface area (Å²) in [5, 5.41) is 10.1. The maximum absolute atomic E-state index is 12.2. The zero-order valence-electron chi connectivity index (χ0n) is 12.4. The van der Waals surface area contributed by atoms with Gasteiger partial charge in [-0.15, -0.1) is 0 Å². The number of amides is 1. The first-order valence-electron chi connectivity index (χ1n) is 7.05. The Labute approximate surface area is 120 Å². The first kappa shape index (κ1) is 14.9. The molecule has 0 saturated carbocycles. The molecule has 4 nitrogen and oxygen atoms in total. The van der Waals surface area contributed by atoms with Gasteiger partial charge in [0.15, 0.2) is 0 Å². The number of ether oxygens (including phenoxy) is 1. The van der Waals surface area contributed by atoms with E-state index in [1.807, 2.05) is 31.2 Å². The Morgan fingerprint density at radius 3 is 2.90 bits per heavy atom. The van der Waals surface area contributed by atoms with Crippen LogP contribution in [0.4, 0.5) is 0 Å². The fourth-order valence-electron chi connectivity index (χ4n) is 2.56. The highest BCUT2D eigenvalue weighted by molar-refractivity contribution is 5.77. The lowest BCUT2D eigenvalue weighted by Crippen LogP contribution is -2.35. The Hall–Kier alpha value is -1.55. The average molecular weight is 277 g/mol. The summed E-state index contributed by atoms with van der Waals surface area (Å²) >= 11 is 0. The fraction of sp³-hybridized carbons (Fsp3) is 0.562. The van der Waals surface area contributed by atoms with Gasteiger partial charge in [0.1, 0.15) is 5.75 Å². The average Bonchev–Trinajstić information content (AvgIpc) is 2.70. The van der Waals surface area contributed by atoms with Gasteiger partial charge in [-0.1, -0.05) is 19.1 Å². The lowest BCUT2D eigenvalue weighted by atomic mass is 9.95. The Kier molecular flexibility index (Phi) is 4.33. The second kappa shape index (κ2) is 5.83. The molecule has 1 aliphatic rings. The lowest BCUT2D eigenvalue weighted by molar-refractivity contribution is -0.131. The number of aryl methyl sites for hydroxylation is 1. The molecule has 0 radical (unpaired) electrons. The van der Waals surface area contributed by atoms with Crippen LogP contribution in [-0.2, 0) is 11.2 Å². The molecule has 1 aromatic rings. The number of rotatable bonds is 4. The van der Waals surface area contributed by atoms with Crippen LogP contribution in [0.3, 0.4) is 0 Å². The molecule has 1 aliphatic heterocycles. The number of benzene rings is 1. The summed E-state index contributed by atoms with van der Waals surface area (Å²) in [6.45, 7) is 4.86. The standard InChI is InChI=1S/C16H23NO3/c1-12-10-17(11-16(12,2)19)15(18)8-7-13-5-4-6-14(9-13)20-3/h4-6,9,12,19H,7-8,10-11H2,1-3H3/t12-,16+/m1/s1. The lowest BCUT2D eigenvalue weighted by Gasteiger charge is -2.20. The molecule has 0 bridgehead atoms. The molecular weight excluding hydrogens is 254 g/mol. The molecule has 1 amide bonds. The van der Waals surface area contributed by atoms with Crippen LogP contribution >= 0.6 is 0 Å². The monoisotopic (exact) mass is 277 g/mol. The Bertz CT molecular complexity index is 484. The fourth-order valence-corrected chi connectivity index (χ4v) is 2.56. The van der Waals surface area contributed by atoms with Crippen LogP contribution < -0.4 is 4.74 Å². The van der Waals surface area contributed by atoms with Crippen molar-refractivity contribution in [3.05, 3.63) is 29.8 Å². The predicted molar refractivity (Wildman–Crippen MR) is 77.7 cm³/mol. The number of hydrogen-bond donors (Lipinski definition) is 1. The zero-order chi connectivity index (χ0) is 14.8. The first-order chi connectivity index (χ1) is 9.42. The van der Waals surface area contributed by atoms with Crippen LogP contribution in [0, 0.1) is 5.92 Å². The van der Waals surface area contributed by atoms with Crippen molar-refractivity contribution in [3.63, 3.8) is 0 Å². The number of carbonyl (C=O) groups is 1. The summed E-state index contributed by atoms with van der Waals surface area (Å²) in [6, 6.07) is 7.78. The number of hydrogen-bond acceptors (Lipinski definition) is 3. The van der Waals surface area contributed by atoms with Crippen LogP contribution in [0.5, 0.6) is 5.75 Å². The van der Waals surface area contributed by atoms with Gasteiger partial charge in [0.05, 0.1) is 12.7 Å². The van der Waals surface area contributed by atoms with Crippen molar-refractivity contribution in [2.45, 2.75) is 32.3 Å². The van der Waals surface area contributed by atoms with Crippen LogP contribution in [0.25, 0.3) is 0 Å². The molecule has 1 heterocycles. The van der Waals surface area contributed by atoms with Gasteiger partial charge in [0.25, 0.3) is 0 Å². The van der Waals surface area contributed by atoms with Gasteiger partial charge in [-0.2, -0.15) is 0 Å². The maximum atomic E-state index is 12.2. The molecule has 20 heavy (non-hydrogen) atoms. The third kappa shape index (κ3) is 3.31. The topological polar surface area (TPSA) is 49.8 Å². The smallest absolute Gasteiger partial charge is 0.223 e. The molecule has 1 fully saturated rings. The number of likely N-dealkylation sites (tertiary alicyclic amines) is 1. The Morgan fingerprint density at radius 1 is 1.55 bits per heavy atom. The quantitative estimate of drug-likeness (QED) is 0.914. The molecule has 0 aliphatic carbocycles. The highest BCUT2D eigenvalue weighted by Crippen LogP contribution is 2.27. The predicted octanol–water partition coefficient (Wildman–Crippen LogP) is 1.86. The minimum absolute atomic E-state index is 0.109. The number of methoxy groups -OCH3 is 1. The minimum Gasteiger partial charge on any atom is -0.497 e. The van der Waals surface area contributed by atoms with Crippen LogP contribution in [0.2, 0.25) is 0 Å². The largest absolute Gasteiger partial charge is 0.497 e. The van der Waals surface area contributed by atoms with E-state index in [-0.39, 0.29) is 11.8 Å². The van der Waals surface area contributed by atoms with Crippen LogP contribution in [-0.4, -0.2) is 41.7 Å². The van der Waals surface area contributed by atoms with Crippen molar-refractivity contribution in [2.75, 3.05) is 20.2 Å². The van der Waals surface area contributed by atoms with E-state index >= 15 is 0 Å². The summed E-state index contributed by atoms with van der Waals surface area (Å²) < 4.78 is 5.17. The second-order valence-electron chi connectivity index (χ2n) is 5.88. The van der Waals surface area contributed by atoms with Crippen LogP contribution in [0.15, 0.2) is 24.3 Å². The third-order valence-electron chi connectivity index (χ3n) is 4.18. The van der Waals surface area contributed by atoms with Gasteiger partial charge in [-0.3, -0.25) is 4.79 Å². The third-order valence-corrected chi connectivity index (χ3v) is 4.18. The van der Waals surface area contributed by atoms with E-state index in [0.29, 0.717) is 25.9 Å². The van der Waals surface area contributed by atoms with Crippen molar-refractivity contribution in [2.24, 2.45) is 5.92 Å². The molecular formula is C16H23NO3. The SMILES string of the molecule is COc1cccc(CCC(=O)N2C[C@@H](C)[C@@](C)(O)C2)c1. The van der Waals surface area contributed by atoms with Crippen LogP contribution in [0.1, 0.15) is 25.8 Å². The van der Waals surface area contributed by atoms with Crippen molar-refractivity contribution < 1.29 is 14.6 Å². The van der Waals surface area contributed by atoms with E-state index in [2.05, 4.69) is 0 Å². The minimum atomic E-state index is -0.758. The van der Waals surface area contributed by atoms with Crippen molar-refractivity contribution in [3.8, 4) is 5.75 Å². The molecule has 1 N–H and O–H groups in total. The van der Waals surface area contributed by atoms with Gasteiger partial charge in [-0.25, -0.2) is 0 Å². The van der Waals surface area contributed by atoms with Gasteiger partial charge < -0.3 is 14.7 Å². The van der Waals surface area contributed by atoms with E-state index in [1.165, 1.54) is 0 Å². The molecule has 0 unspecified atom stereocenters. The number of nitrogens with zero attached hydrogens (tertiary/aromatic N) is 1. The summed E-state index contributed by atoms with van der Waals surface area (Å²) in [5.41, 5.74) is 0.336. The number of carbonyl (C=O) groups excluding carboxylic acids is 1. The Morgan fingerprint density at radius 2 is 2.30 bits per heavy atom. The summed E-state index contributed by atoms with van der Waals surface area (Å²) in [6.07, 6.45) is 1.17. The normalized spacial score (nSPS) is 25.8. The molecule has 1 saturated heterocycles. The number of β-amino-alcohol motifs (C(OH)–C–C–N with tert-alkyl or cyclic N) is 1. The molecule has 2 atom stereocenters. The van der Waals surface area contributed by atoms with Gasteiger partial charge in [0.2, 0.25) is 5.91 Å². The van der Waals surface area contributed by atoms with Crippen molar-refractivity contribution in [1.29, 1.82) is 0 Å². The summed E-state index contributed by atoms with van der Waals surface area (Å²) in [5.74, 6) is 1.05. The van der Waals surface area contributed by atoms with E-state index in [0.717, 1.165) is 11.3 Å². The molecule has 1 aromatic carbocycles. The van der Waals surface area contributed by atoms with E-state index in [4.69, 9.17) is 4.74 Å². The first-order valence-corrected chi connectivity index (χ1v) is 7.05. The van der Waals surface area contributed by atoms with Crippen molar-refractivity contribution >= 4 is 5.91 Å².